The molecule has 0 bridgehead atoms. The Balaban J connectivity index is 1.35. The Kier molecular flexibility index (Phi) is 5.94. The molecule has 8 nitrogen and oxygen atoms in total. The van der Waals surface area contributed by atoms with E-state index in [1.54, 1.807) is 43.3 Å². The number of esters is 1. The Morgan fingerprint density at radius 1 is 1.16 bits per heavy atom. The van der Waals surface area contributed by atoms with Crippen molar-refractivity contribution in [3.8, 4) is 0 Å². The summed E-state index contributed by atoms with van der Waals surface area (Å²) in [6.07, 6.45) is 1.92. The number of rotatable bonds is 6. The Labute approximate surface area is 183 Å². The summed E-state index contributed by atoms with van der Waals surface area (Å²) in [6, 6.07) is 11.7. The van der Waals surface area contributed by atoms with E-state index in [4.69, 9.17) is 4.74 Å². The first-order valence-corrected chi connectivity index (χ1v) is 10.8. The largest absolute Gasteiger partial charge is 0.452 e. The number of anilines is 2. The zero-order valence-electron chi connectivity index (χ0n) is 16.8. The van der Waals surface area contributed by atoms with Gasteiger partial charge in [0.25, 0.3) is 11.8 Å². The summed E-state index contributed by atoms with van der Waals surface area (Å²) in [7, 11) is 0. The standard InChI is InChI=1S/C22H21N3O5S/c1-12-20(27)25-17-10-13(6-9-18(17)31-12)22(29)30-11-19(26)24-16-5-3-2-4-15(16)21(28)23-14-7-8-14/h2-6,9-10,12,14H,7-8,11H2,1H3,(H,23,28)(H,24,26)(H,25,27). The molecule has 0 radical (unpaired) electrons. The third kappa shape index (κ3) is 5.05. The first-order valence-electron chi connectivity index (χ1n) is 9.89. The van der Waals surface area contributed by atoms with Crippen molar-refractivity contribution in [3.05, 3.63) is 53.6 Å². The van der Waals surface area contributed by atoms with Gasteiger partial charge in [-0.1, -0.05) is 12.1 Å². The summed E-state index contributed by atoms with van der Waals surface area (Å²) >= 11 is 1.41. The third-order valence-electron chi connectivity index (χ3n) is 4.84. The molecule has 1 saturated carbocycles. The van der Waals surface area contributed by atoms with Gasteiger partial charge in [-0.3, -0.25) is 14.4 Å². The highest BCUT2D eigenvalue weighted by Crippen LogP contribution is 2.36. The van der Waals surface area contributed by atoms with Crippen LogP contribution < -0.4 is 16.0 Å². The van der Waals surface area contributed by atoms with Gasteiger partial charge in [0.15, 0.2) is 6.61 Å². The summed E-state index contributed by atoms with van der Waals surface area (Å²) in [4.78, 5) is 49.7. The van der Waals surface area contributed by atoms with Crippen molar-refractivity contribution in [1.29, 1.82) is 0 Å². The van der Waals surface area contributed by atoms with Crippen LogP contribution in [0.15, 0.2) is 47.4 Å². The van der Waals surface area contributed by atoms with Crippen LogP contribution in [0.4, 0.5) is 11.4 Å². The fourth-order valence-corrected chi connectivity index (χ4v) is 3.95. The van der Waals surface area contributed by atoms with Crippen molar-refractivity contribution in [2.45, 2.75) is 36.0 Å². The van der Waals surface area contributed by atoms with Gasteiger partial charge >= 0.3 is 5.97 Å². The van der Waals surface area contributed by atoms with E-state index in [2.05, 4.69) is 16.0 Å². The minimum atomic E-state index is -0.685. The SMILES string of the molecule is CC1Sc2ccc(C(=O)OCC(=O)Nc3ccccc3C(=O)NC3CC3)cc2NC1=O. The molecular weight excluding hydrogens is 418 g/mol. The monoisotopic (exact) mass is 439 g/mol. The molecule has 4 rings (SSSR count). The number of benzene rings is 2. The molecule has 2 aromatic rings. The van der Waals surface area contributed by atoms with E-state index in [0.717, 1.165) is 17.7 Å². The topological polar surface area (TPSA) is 114 Å². The van der Waals surface area contributed by atoms with E-state index in [0.29, 0.717) is 16.9 Å². The lowest BCUT2D eigenvalue weighted by molar-refractivity contribution is -0.119. The first kappa shape index (κ1) is 20.9. The van der Waals surface area contributed by atoms with Crippen molar-refractivity contribution in [2.75, 3.05) is 17.2 Å². The molecule has 2 aromatic carbocycles. The lowest BCUT2D eigenvalue weighted by Gasteiger charge is -2.21. The fourth-order valence-electron chi connectivity index (χ4n) is 3.02. The molecule has 2 aliphatic rings. The van der Waals surface area contributed by atoms with Crippen molar-refractivity contribution in [3.63, 3.8) is 0 Å². The Morgan fingerprint density at radius 2 is 1.94 bits per heavy atom. The lowest BCUT2D eigenvalue weighted by atomic mass is 10.1. The molecule has 31 heavy (non-hydrogen) atoms. The summed E-state index contributed by atoms with van der Waals surface area (Å²) in [5.41, 5.74) is 1.48. The van der Waals surface area contributed by atoms with Crippen LogP contribution in [-0.4, -0.2) is 41.6 Å². The number of hydrogen-bond donors (Lipinski definition) is 3. The zero-order valence-corrected chi connectivity index (χ0v) is 17.6. The Hall–Kier alpha value is -3.33. The van der Waals surface area contributed by atoms with Gasteiger partial charge < -0.3 is 20.7 Å². The molecule has 1 unspecified atom stereocenters. The molecule has 1 atom stereocenters. The highest BCUT2D eigenvalue weighted by Gasteiger charge is 2.26. The van der Waals surface area contributed by atoms with Gasteiger partial charge in [-0.15, -0.1) is 11.8 Å². The summed E-state index contributed by atoms with van der Waals surface area (Å²) in [6.45, 7) is 1.30. The second-order valence-electron chi connectivity index (χ2n) is 7.38. The summed E-state index contributed by atoms with van der Waals surface area (Å²) in [5.74, 6) is -1.63. The second-order valence-corrected chi connectivity index (χ2v) is 8.76. The Bertz CT molecular complexity index is 1070. The normalized spacial score (nSPS) is 17.2. The van der Waals surface area contributed by atoms with Gasteiger partial charge in [-0.05, 0) is 50.1 Å². The average Bonchev–Trinajstić information content (AvgIpc) is 3.57. The van der Waals surface area contributed by atoms with Crippen LogP contribution in [0.3, 0.4) is 0 Å². The third-order valence-corrected chi connectivity index (χ3v) is 6.02. The molecule has 1 heterocycles. The maximum Gasteiger partial charge on any atom is 0.338 e. The van der Waals surface area contributed by atoms with E-state index in [9.17, 15) is 19.2 Å². The second kappa shape index (κ2) is 8.81. The molecule has 0 spiro atoms. The van der Waals surface area contributed by atoms with Crippen molar-refractivity contribution >= 4 is 46.8 Å². The molecule has 3 amide bonds. The molecule has 9 heteroatoms. The van der Waals surface area contributed by atoms with Crippen molar-refractivity contribution in [2.24, 2.45) is 0 Å². The van der Waals surface area contributed by atoms with E-state index >= 15 is 0 Å². The van der Waals surface area contributed by atoms with Gasteiger partial charge in [-0.25, -0.2) is 4.79 Å². The minimum absolute atomic E-state index is 0.133. The van der Waals surface area contributed by atoms with Crippen LogP contribution in [0.25, 0.3) is 0 Å². The smallest absolute Gasteiger partial charge is 0.338 e. The molecule has 160 valence electrons. The van der Waals surface area contributed by atoms with Crippen LogP contribution in [0, 0.1) is 0 Å². The predicted octanol–water partition coefficient (Wildman–Crippen LogP) is 2.81. The maximum atomic E-state index is 12.4. The quantitative estimate of drug-likeness (QED) is 0.597. The molecule has 1 aliphatic heterocycles. The molecule has 1 fully saturated rings. The number of thioether (sulfide) groups is 1. The number of ether oxygens (including phenoxy) is 1. The molecule has 0 aromatic heterocycles. The van der Waals surface area contributed by atoms with Crippen LogP contribution in [0.5, 0.6) is 0 Å². The van der Waals surface area contributed by atoms with Crippen LogP contribution >= 0.6 is 11.8 Å². The van der Waals surface area contributed by atoms with E-state index in [-0.39, 0.29) is 28.7 Å². The van der Waals surface area contributed by atoms with Crippen LogP contribution in [0.2, 0.25) is 0 Å². The number of nitrogens with one attached hydrogen (secondary N) is 3. The minimum Gasteiger partial charge on any atom is -0.452 e. The number of carbonyl (C=O) groups excluding carboxylic acids is 4. The highest BCUT2D eigenvalue weighted by atomic mass is 32.2. The number of amides is 3. The van der Waals surface area contributed by atoms with Gasteiger partial charge in [0.2, 0.25) is 5.91 Å². The van der Waals surface area contributed by atoms with Crippen molar-refractivity contribution in [1.82, 2.24) is 5.32 Å². The van der Waals surface area contributed by atoms with Gasteiger partial charge in [-0.2, -0.15) is 0 Å². The Morgan fingerprint density at radius 3 is 2.71 bits per heavy atom. The number of fused-ring (bicyclic) bond motifs is 1. The summed E-state index contributed by atoms with van der Waals surface area (Å²) < 4.78 is 5.10. The predicted molar refractivity (Wildman–Crippen MR) is 116 cm³/mol. The zero-order chi connectivity index (χ0) is 22.0. The maximum absolute atomic E-state index is 12.4. The molecule has 0 saturated heterocycles. The highest BCUT2D eigenvalue weighted by molar-refractivity contribution is 8.00. The van der Waals surface area contributed by atoms with E-state index in [1.165, 1.54) is 17.8 Å². The summed E-state index contributed by atoms with van der Waals surface area (Å²) in [5, 5.41) is 8.04. The number of hydrogen-bond acceptors (Lipinski definition) is 6. The van der Waals surface area contributed by atoms with E-state index < -0.39 is 18.5 Å². The molecule has 3 N–H and O–H groups in total. The van der Waals surface area contributed by atoms with Gasteiger partial charge in [0.05, 0.1) is 27.8 Å². The molecular formula is C22H21N3O5S. The fraction of sp³-hybridized carbons (Fsp3) is 0.273. The van der Waals surface area contributed by atoms with Crippen LogP contribution in [-0.2, 0) is 14.3 Å². The lowest BCUT2D eigenvalue weighted by Crippen LogP contribution is -2.28. The van der Waals surface area contributed by atoms with Crippen molar-refractivity contribution < 1.29 is 23.9 Å². The average molecular weight is 439 g/mol. The molecule has 1 aliphatic carbocycles. The van der Waals surface area contributed by atoms with E-state index in [1.807, 2.05) is 0 Å². The first-order chi connectivity index (χ1) is 14.9. The number of para-hydroxylation sites is 1. The van der Waals surface area contributed by atoms with Gasteiger partial charge in [0, 0.05) is 10.9 Å². The van der Waals surface area contributed by atoms with Gasteiger partial charge in [0.1, 0.15) is 0 Å². The van der Waals surface area contributed by atoms with Crippen LogP contribution in [0.1, 0.15) is 40.5 Å². The number of carbonyl (C=O) groups is 4.